The van der Waals surface area contributed by atoms with Crippen LogP contribution in [0.1, 0.15) is 21.7 Å². The molecule has 0 saturated heterocycles. The van der Waals surface area contributed by atoms with E-state index in [1.165, 1.54) is 23.9 Å². The van der Waals surface area contributed by atoms with Crippen LogP contribution >= 0.6 is 11.8 Å². The van der Waals surface area contributed by atoms with Crippen molar-refractivity contribution in [3.63, 3.8) is 0 Å². The van der Waals surface area contributed by atoms with Crippen LogP contribution in [0.2, 0.25) is 0 Å². The summed E-state index contributed by atoms with van der Waals surface area (Å²) >= 11 is 1.25. The third kappa shape index (κ3) is 5.58. The number of carbonyl (C=O) groups is 2. The molecule has 1 heterocycles. The van der Waals surface area contributed by atoms with Gasteiger partial charge in [0.05, 0.1) is 11.3 Å². The second kappa shape index (κ2) is 9.24. The van der Waals surface area contributed by atoms with Crippen LogP contribution < -0.4 is 10.1 Å². The van der Waals surface area contributed by atoms with Gasteiger partial charge in [0.15, 0.2) is 11.0 Å². The Hall–Kier alpha value is -3.33. The first-order valence-corrected chi connectivity index (χ1v) is 9.74. The highest BCUT2D eigenvalue weighted by Gasteiger charge is 2.12. The molecule has 1 amide bonds. The molecule has 3 aromatic rings. The van der Waals surface area contributed by atoms with Gasteiger partial charge >= 0.3 is 5.97 Å². The van der Waals surface area contributed by atoms with E-state index in [4.69, 9.17) is 9.84 Å². The molecule has 0 spiro atoms. The van der Waals surface area contributed by atoms with Gasteiger partial charge in [-0.2, -0.15) is 0 Å². The molecule has 3 rings (SSSR count). The molecule has 29 heavy (non-hydrogen) atoms. The van der Waals surface area contributed by atoms with Crippen molar-refractivity contribution in [1.29, 1.82) is 0 Å². The van der Waals surface area contributed by atoms with E-state index in [1.54, 1.807) is 16.7 Å². The van der Waals surface area contributed by atoms with E-state index in [-0.39, 0.29) is 23.8 Å². The number of hydrogen-bond donors (Lipinski definition) is 2. The molecule has 0 aliphatic heterocycles. The summed E-state index contributed by atoms with van der Waals surface area (Å²) in [6, 6.07) is 13.7. The van der Waals surface area contributed by atoms with Gasteiger partial charge in [-0.3, -0.25) is 4.79 Å². The fourth-order valence-electron chi connectivity index (χ4n) is 2.40. The summed E-state index contributed by atoms with van der Waals surface area (Å²) in [7, 11) is 1.82. The van der Waals surface area contributed by atoms with E-state index in [9.17, 15) is 9.59 Å². The highest BCUT2D eigenvalue weighted by Crippen LogP contribution is 2.18. The van der Waals surface area contributed by atoms with Crippen LogP contribution in [0.4, 0.5) is 5.69 Å². The summed E-state index contributed by atoms with van der Waals surface area (Å²) in [6.45, 7) is 2.28. The summed E-state index contributed by atoms with van der Waals surface area (Å²) in [4.78, 5) is 23.0. The summed E-state index contributed by atoms with van der Waals surface area (Å²) in [5.41, 5.74) is 1.85. The molecule has 0 fully saturated rings. The number of benzene rings is 2. The number of aromatic carboxylic acids is 1. The van der Waals surface area contributed by atoms with Gasteiger partial charge < -0.3 is 19.7 Å². The Labute approximate surface area is 171 Å². The predicted octanol–water partition coefficient (Wildman–Crippen LogP) is 3.13. The summed E-state index contributed by atoms with van der Waals surface area (Å²) in [6.07, 6.45) is 0. The first kappa shape index (κ1) is 20.4. The topological polar surface area (TPSA) is 106 Å². The number of rotatable bonds is 8. The lowest BCUT2D eigenvalue weighted by Crippen LogP contribution is -2.14. The minimum Gasteiger partial charge on any atom is -0.486 e. The van der Waals surface area contributed by atoms with E-state index < -0.39 is 5.97 Å². The number of amides is 1. The highest BCUT2D eigenvalue weighted by atomic mass is 32.2. The van der Waals surface area contributed by atoms with Crippen molar-refractivity contribution in [2.24, 2.45) is 7.05 Å². The van der Waals surface area contributed by atoms with Crippen molar-refractivity contribution in [3.8, 4) is 5.75 Å². The van der Waals surface area contributed by atoms with E-state index in [1.807, 2.05) is 38.2 Å². The molecule has 0 bridgehead atoms. The van der Waals surface area contributed by atoms with Crippen molar-refractivity contribution in [3.05, 3.63) is 65.5 Å². The number of aromatic nitrogens is 3. The minimum absolute atomic E-state index is 0.144. The van der Waals surface area contributed by atoms with Gasteiger partial charge in [0.1, 0.15) is 12.4 Å². The van der Waals surface area contributed by atoms with Crippen LogP contribution in [-0.4, -0.2) is 37.5 Å². The number of aryl methyl sites for hydroxylation is 1. The maximum absolute atomic E-state index is 12.1. The number of carboxylic acids is 1. The fraction of sp³-hybridized carbons (Fsp3) is 0.200. The van der Waals surface area contributed by atoms with Crippen LogP contribution in [0.25, 0.3) is 0 Å². The molecule has 2 aromatic carbocycles. The second-order valence-electron chi connectivity index (χ2n) is 6.28. The molecule has 0 atom stereocenters. The lowest BCUT2D eigenvalue weighted by molar-refractivity contribution is -0.113. The fourth-order valence-corrected chi connectivity index (χ4v) is 3.13. The highest BCUT2D eigenvalue weighted by molar-refractivity contribution is 7.99. The van der Waals surface area contributed by atoms with E-state index in [0.29, 0.717) is 16.7 Å². The van der Waals surface area contributed by atoms with Crippen LogP contribution in [0.3, 0.4) is 0 Å². The quantitative estimate of drug-likeness (QED) is 0.548. The van der Waals surface area contributed by atoms with Crippen molar-refractivity contribution < 1.29 is 19.4 Å². The van der Waals surface area contributed by atoms with Gasteiger partial charge in [0, 0.05) is 12.7 Å². The molecule has 8 nitrogen and oxygen atoms in total. The Balaban J connectivity index is 1.50. The SMILES string of the molecule is Cc1ccc(OCc2nnc(SCC(=O)Nc3ccc(C(=O)O)cc3)n2C)cc1. The van der Waals surface area contributed by atoms with Gasteiger partial charge in [-0.05, 0) is 43.3 Å². The third-order valence-corrected chi connectivity index (χ3v) is 5.08. The third-order valence-electron chi connectivity index (χ3n) is 4.06. The molecule has 2 N–H and O–H groups in total. The molecule has 150 valence electrons. The zero-order valence-electron chi connectivity index (χ0n) is 16.0. The molecule has 1 aromatic heterocycles. The summed E-state index contributed by atoms with van der Waals surface area (Å²) < 4.78 is 7.50. The van der Waals surface area contributed by atoms with Crippen molar-refractivity contribution in [2.75, 3.05) is 11.1 Å². The molecule has 0 saturated carbocycles. The maximum Gasteiger partial charge on any atom is 0.335 e. The molecule has 0 aliphatic rings. The largest absolute Gasteiger partial charge is 0.486 e. The zero-order chi connectivity index (χ0) is 20.8. The van der Waals surface area contributed by atoms with Crippen LogP contribution in [0.15, 0.2) is 53.7 Å². The van der Waals surface area contributed by atoms with Gasteiger partial charge in [0.2, 0.25) is 5.91 Å². The van der Waals surface area contributed by atoms with Crippen LogP contribution in [0, 0.1) is 6.92 Å². The van der Waals surface area contributed by atoms with Crippen LogP contribution in [-0.2, 0) is 18.4 Å². The minimum atomic E-state index is -1.01. The monoisotopic (exact) mass is 412 g/mol. The van der Waals surface area contributed by atoms with Gasteiger partial charge in [-0.1, -0.05) is 29.5 Å². The van der Waals surface area contributed by atoms with Gasteiger partial charge in [-0.25, -0.2) is 4.79 Å². The number of ether oxygens (including phenoxy) is 1. The number of anilines is 1. The Bertz CT molecular complexity index is 1000. The average molecular weight is 412 g/mol. The lowest BCUT2D eigenvalue weighted by Gasteiger charge is -2.07. The Morgan fingerprint density at radius 2 is 1.79 bits per heavy atom. The number of nitrogens with one attached hydrogen (secondary N) is 1. The van der Waals surface area contributed by atoms with Gasteiger partial charge in [0.25, 0.3) is 0 Å². The number of hydrogen-bond acceptors (Lipinski definition) is 6. The van der Waals surface area contributed by atoms with E-state index in [0.717, 1.165) is 11.3 Å². The van der Waals surface area contributed by atoms with Crippen LogP contribution in [0.5, 0.6) is 5.75 Å². The average Bonchev–Trinajstić information content (AvgIpc) is 3.06. The van der Waals surface area contributed by atoms with Crippen molar-refractivity contribution >= 4 is 29.3 Å². The first-order valence-electron chi connectivity index (χ1n) is 8.76. The smallest absolute Gasteiger partial charge is 0.335 e. The molecular formula is C20H20N4O4S. The predicted molar refractivity (Wildman–Crippen MR) is 109 cm³/mol. The lowest BCUT2D eigenvalue weighted by atomic mass is 10.2. The summed E-state index contributed by atoms with van der Waals surface area (Å²) in [5, 5.41) is 20.4. The molecule has 0 unspecified atom stereocenters. The van der Waals surface area contributed by atoms with Crippen molar-refractivity contribution in [1.82, 2.24) is 14.8 Å². The molecule has 0 radical (unpaired) electrons. The Kier molecular flexibility index (Phi) is 6.50. The normalized spacial score (nSPS) is 10.6. The molecule has 9 heteroatoms. The number of carbonyl (C=O) groups excluding carboxylic acids is 1. The van der Waals surface area contributed by atoms with E-state index >= 15 is 0 Å². The summed E-state index contributed by atoms with van der Waals surface area (Å²) in [5.74, 6) is 0.311. The molecule has 0 aliphatic carbocycles. The maximum atomic E-state index is 12.1. The zero-order valence-corrected chi connectivity index (χ0v) is 16.8. The number of carboxylic acid groups (broad SMARTS) is 1. The molecular weight excluding hydrogens is 392 g/mol. The van der Waals surface area contributed by atoms with E-state index in [2.05, 4.69) is 15.5 Å². The number of thioether (sulfide) groups is 1. The standard InChI is InChI=1S/C20H20N4O4S/c1-13-3-9-16(10-4-13)28-11-17-22-23-20(24(17)2)29-12-18(25)21-15-7-5-14(6-8-15)19(26)27/h3-10H,11-12H2,1-2H3,(H,21,25)(H,26,27). The Morgan fingerprint density at radius 3 is 2.45 bits per heavy atom. The van der Waals surface area contributed by atoms with Crippen molar-refractivity contribution in [2.45, 2.75) is 18.7 Å². The number of nitrogens with zero attached hydrogens (tertiary/aromatic N) is 3. The first-order chi connectivity index (χ1) is 13.9. The Morgan fingerprint density at radius 1 is 1.10 bits per heavy atom. The second-order valence-corrected chi connectivity index (χ2v) is 7.22. The van der Waals surface area contributed by atoms with Gasteiger partial charge in [-0.15, -0.1) is 10.2 Å².